The lowest BCUT2D eigenvalue weighted by molar-refractivity contribution is -0.0923. The van der Waals surface area contributed by atoms with Gasteiger partial charge in [-0.05, 0) is 25.0 Å². The summed E-state index contributed by atoms with van der Waals surface area (Å²) in [7, 11) is 0. The first-order valence-electron chi connectivity index (χ1n) is 6.85. The molecule has 0 spiro atoms. The fourth-order valence-electron chi connectivity index (χ4n) is 2.00. The van der Waals surface area contributed by atoms with E-state index in [1.165, 1.54) is 0 Å². The molecule has 1 heterocycles. The number of nitrogens with zero attached hydrogens (tertiary/aromatic N) is 1. The molecule has 1 aliphatic heterocycles. The molecule has 102 valence electrons. The second kappa shape index (κ2) is 6.45. The summed E-state index contributed by atoms with van der Waals surface area (Å²) in [4.78, 5) is 29.2. The molecule has 5 nitrogen and oxygen atoms in total. The van der Waals surface area contributed by atoms with Crippen molar-refractivity contribution in [1.29, 1.82) is 1.43 Å². The standard InChI is InChI=1S/C14H17NO4/c16-9-5-1-2-6-10-19-15-13(17)11-7-3-4-8-12(11)14(15)18/h3-4,7-8,16H,1-2,5-6,9-10H2/i16D. The fourth-order valence-corrected chi connectivity index (χ4v) is 2.00. The second-order valence-electron chi connectivity index (χ2n) is 4.40. The quantitative estimate of drug-likeness (QED) is 0.574. The molecule has 2 rings (SSSR count). The van der Waals surface area contributed by atoms with E-state index < -0.39 is 11.8 Å². The molecule has 1 N–H and O–H groups in total. The minimum absolute atomic E-state index is 0.327. The molecule has 0 atom stereocenters. The average Bonchev–Trinajstić information content (AvgIpc) is 2.71. The maximum absolute atomic E-state index is 12.0. The van der Waals surface area contributed by atoms with Crippen LogP contribution in [0.5, 0.6) is 0 Å². The third-order valence-electron chi connectivity index (χ3n) is 3.02. The highest BCUT2D eigenvalue weighted by Gasteiger charge is 2.36. The molecule has 0 radical (unpaired) electrons. The highest BCUT2D eigenvalue weighted by Crippen LogP contribution is 2.22. The largest absolute Gasteiger partial charge is 0.396 e. The number of carbonyl (C=O) groups is 2. The Morgan fingerprint density at radius 1 is 1.05 bits per heavy atom. The number of fused-ring (bicyclic) bond motifs is 1. The van der Waals surface area contributed by atoms with Gasteiger partial charge in [0.2, 0.25) is 1.43 Å². The first-order valence-corrected chi connectivity index (χ1v) is 6.44. The molecule has 0 aliphatic carbocycles. The molecule has 1 aromatic rings. The van der Waals surface area contributed by atoms with E-state index in [-0.39, 0.29) is 0 Å². The maximum Gasteiger partial charge on any atom is 0.285 e. The minimum Gasteiger partial charge on any atom is -0.396 e. The lowest BCUT2D eigenvalue weighted by atomic mass is 10.1. The van der Waals surface area contributed by atoms with Crippen molar-refractivity contribution < 1.29 is 19.5 Å². The highest BCUT2D eigenvalue weighted by atomic mass is 16.7. The van der Waals surface area contributed by atoms with Gasteiger partial charge in [0.15, 0.2) is 0 Å². The summed E-state index contributed by atoms with van der Waals surface area (Å²) in [6.45, 7) is 0.756. The van der Waals surface area contributed by atoms with E-state index in [4.69, 9.17) is 6.27 Å². The summed E-state index contributed by atoms with van der Waals surface area (Å²) in [6, 6.07) is 6.70. The van der Waals surface area contributed by atoms with Crippen molar-refractivity contribution >= 4 is 11.8 Å². The van der Waals surface area contributed by atoms with Gasteiger partial charge in [0.05, 0.1) is 17.7 Å². The Balaban J connectivity index is 1.75. The monoisotopic (exact) mass is 264 g/mol. The third-order valence-corrected chi connectivity index (χ3v) is 3.02. The van der Waals surface area contributed by atoms with Crippen LogP contribution in [0.25, 0.3) is 0 Å². The Bertz CT molecular complexity index is 457. The molecule has 0 saturated carbocycles. The van der Waals surface area contributed by atoms with E-state index in [0.717, 1.165) is 30.7 Å². The zero-order valence-electron chi connectivity index (χ0n) is 11.6. The SMILES string of the molecule is [2H]OCCCCCCON1C(=O)c2ccccc2C1=O. The van der Waals surface area contributed by atoms with E-state index >= 15 is 0 Å². The Hall–Kier alpha value is -1.72. The number of rotatable bonds is 8. The van der Waals surface area contributed by atoms with Gasteiger partial charge in [0, 0.05) is 6.61 Å². The van der Waals surface area contributed by atoms with Gasteiger partial charge in [-0.15, -0.1) is 5.06 Å². The summed E-state index contributed by atoms with van der Waals surface area (Å²) < 4.78 is 6.53. The van der Waals surface area contributed by atoms with Crippen molar-refractivity contribution in [2.24, 2.45) is 0 Å². The third kappa shape index (κ3) is 3.00. The molecule has 2 amide bonds. The number of aliphatic hydroxyl groups excluding tert-OH is 1. The number of benzene rings is 1. The van der Waals surface area contributed by atoms with E-state index in [2.05, 4.69) is 5.11 Å². The number of unbranched alkanes of at least 4 members (excludes halogenated alkanes) is 3. The van der Waals surface area contributed by atoms with Crippen LogP contribution in [0.3, 0.4) is 0 Å². The van der Waals surface area contributed by atoms with Gasteiger partial charge in [-0.25, -0.2) is 0 Å². The number of aliphatic hydroxyl groups is 1. The molecule has 0 fully saturated rings. The maximum atomic E-state index is 12.0. The van der Waals surface area contributed by atoms with E-state index in [1.54, 1.807) is 24.3 Å². The fraction of sp³-hybridized carbons (Fsp3) is 0.429. The number of hydroxylamine groups is 2. The molecule has 1 aliphatic rings. The lowest BCUT2D eigenvalue weighted by Crippen LogP contribution is -2.30. The van der Waals surface area contributed by atoms with Crippen LogP contribution in [0.15, 0.2) is 24.3 Å². The lowest BCUT2D eigenvalue weighted by Gasteiger charge is -2.12. The summed E-state index contributed by atoms with van der Waals surface area (Å²) in [5.74, 6) is -0.790. The van der Waals surface area contributed by atoms with Crippen LogP contribution in [0, 0.1) is 0 Å². The van der Waals surface area contributed by atoms with Gasteiger partial charge in [0.25, 0.3) is 11.8 Å². The molecule has 0 bridgehead atoms. The Morgan fingerprint density at radius 2 is 1.68 bits per heavy atom. The van der Waals surface area contributed by atoms with Gasteiger partial charge in [-0.2, -0.15) is 0 Å². The Kier molecular flexibility index (Phi) is 4.18. The van der Waals surface area contributed by atoms with Crippen LogP contribution in [0.2, 0.25) is 0 Å². The Labute approximate surface area is 113 Å². The van der Waals surface area contributed by atoms with Crippen molar-refractivity contribution in [3.05, 3.63) is 35.4 Å². The van der Waals surface area contributed by atoms with Crippen molar-refractivity contribution in [2.75, 3.05) is 13.2 Å². The Morgan fingerprint density at radius 3 is 2.32 bits per heavy atom. The molecule has 1 aromatic carbocycles. The number of carbonyl (C=O) groups excluding carboxylic acids is 2. The van der Waals surface area contributed by atoms with Crippen LogP contribution in [0.4, 0.5) is 0 Å². The minimum atomic E-state index is -0.395. The van der Waals surface area contributed by atoms with Crippen LogP contribution in [-0.2, 0) is 4.84 Å². The smallest absolute Gasteiger partial charge is 0.285 e. The molecule has 0 aromatic heterocycles. The summed E-state index contributed by atoms with van der Waals surface area (Å²) >= 11 is 0. The summed E-state index contributed by atoms with van der Waals surface area (Å²) in [6.07, 6.45) is 3.43. The number of hydrogen-bond donors (Lipinski definition) is 1. The summed E-state index contributed by atoms with van der Waals surface area (Å²) in [5, 5.41) is 5.06. The number of imide groups is 1. The van der Waals surface area contributed by atoms with Crippen LogP contribution >= 0.6 is 0 Å². The zero-order valence-corrected chi connectivity index (χ0v) is 10.6. The molecule has 5 heteroatoms. The molecule has 0 saturated heterocycles. The van der Waals surface area contributed by atoms with Crippen molar-refractivity contribution in [3.8, 4) is 0 Å². The second-order valence-corrected chi connectivity index (χ2v) is 4.40. The van der Waals surface area contributed by atoms with Gasteiger partial charge >= 0.3 is 0 Å². The predicted octanol–water partition coefficient (Wildman–Crippen LogP) is 1.77. The van der Waals surface area contributed by atoms with Crippen molar-refractivity contribution in [2.45, 2.75) is 25.7 Å². The molecular formula is C14H17NO4. The highest BCUT2D eigenvalue weighted by molar-refractivity contribution is 6.20. The zero-order chi connectivity index (χ0) is 14.4. The normalized spacial score (nSPS) is 14.7. The molecule has 0 unspecified atom stereocenters. The van der Waals surface area contributed by atoms with Gasteiger partial charge < -0.3 is 5.11 Å². The summed E-state index contributed by atoms with van der Waals surface area (Å²) in [5.41, 5.74) is 0.787. The van der Waals surface area contributed by atoms with E-state index in [9.17, 15) is 9.59 Å². The van der Waals surface area contributed by atoms with Crippen LogP contribution in [-0.4, -0.2) is 36.6 Å². The average molecular weight is 264 g/mol. The van der Waals surface area contributed by atoms with Gasteiger partial charge in [-0.1, -0.05) is 25.0 Å². The first-order chi connectivity index (χ1) is 9.75. The van der Waals surface area contributed by atoms with E-state index in [0.29, 0.717) is 24.3 Å². The van der Waals surface area contributed by atoms with Crippen LogP contribution < -0.4 is 0 Å². The predicted molar refractivity (Wildman–Crippen MR) is 68.4 cm³/mol. The first kappa shape index (κ1) is 12.3. The van der Waals surface area contributed by atoms with Gasteiger partial charge in [0.1, 0.15) is 0 Å². The topological polar surface area (TPSA) is 66.8 Å². The van der Waals surface area contributed by atoms with Gasteiger partial charge in [-0.3, -0.25) is 14.4 Å². The number of amides is 2. The number of hydrogen-bond acceptors (Lipinski definition) is 4. The van der Waals surface area contributed by atoms with Crippen molar-refractivity contribution in [1.82, 2.24) is 5.06 Å². The molecular weight excluding hydrogens is 246 g/mol. The molecule has 19 heavy (non-hydrogen) atoms. The van der Waals surface area contributed by atoms with Crippen molar-refractivity contribution in [3.63, 3.8) is 0 Å². The van der Waals surface area contributed by atoms with Crippen LogP contribution in [0.1, 0.15) is 46.4 Å². The van der Waals surface area contributed by atoms with E-state index in [1.807, 2.05) is 0 Å².